The molecule has 0 N–H and O–H groups in total. The smallest absolute Gasteiger partial charge is 0.269 e. The van der Waals surface area contributed by atoms with Crippen LogP contribution in [0.15, 0.2) is 64.8 Å². The lowest BCUT2D eigenvalue weighted by Crippen LogP contribution is -2.74. The van der Waals surface area contributed by atoms with Crippen LogP contribution < -0.4 is 0 Å². The van der Waals surface area contributed by atoms with E-state index in [1.807, 2.05) is 18.2 Å². The van der Waals surface area contributed by atoms with E-state index in [0.717, 1.165) is 56.5 Å². The van der Waals surface area contributed by atoms with Crippen molar-refractivity contribution in [2.45, 2.75) is 0 Å². The van der Waals surface area contributed by atoms with Crippen molar-refractivity contribution in [3.8, 4) is 0 Å². The minimum atomic E-state index is -0.403. The summed E-state index contributed by atoms with van der Waals surface area (Å²) in [5.74, 6) is 0. The predicted octanol–water partition coefficient (Wildman–Crippen LogP) is 2.22. The summed E-state index contributed by atoms with van der Waals surface area (Å²) < 4.78 is 0. The Bertz CT molecular complexity index is 935. The van der Waals surface area contributed by atoms with Crippen LogP contribution in [0.1, 0.15) is 11.1 Å². The average molecular weight is 390 g/mol. The molecule has 2 aromatic carbocycles. The summed E-state index contributed by atoms with van der Waals surface area (Å²) in [6, 6.07) is 16.6. The summed E-state index contributed by atoms with van der Waals surface area (Å²) >= 11 is 0. The lowest BCUT2D eigenvalue weighted by Gasteiger charge is -2.60. The van der Waals surface area contributed by atoms with Crippen molar-refractivity contribution in [1.82, 2.24) is 14.7 Å². The molecule has 6 rings (SSSR count). The van der Waals surface area contributed by atoms with E-state index in [-0.39, 0.29) is 11.1 Å². The Kier molecular flexibility index (Phi) is 4.46. The fraction of sp³-hybridized carbons (Fsp3) is 0.333. The van der Waals surface area contributed by atoms with Gasteiger partial charge in [-0.1, -0.05) is 30.3 Å². The Morgan fingerprint density at radius 3 is 2.07 bits per heavy atom. The van der Waals surface area contributed by atoms with E-state index >= 15 is 0 Å². The third kappa shape index (κ3) is 3.46. The summed E-state index contributed by atoms with van der Waals surface area (Å²) in [6.45, 7) is 6.02. The van der Waals surface area contributed by atoms with Crippen LogP contribution in [0.5, 0.6) is 0 Å². The Balaban J connectivity index is 1.47. The molecule has 0 radical (unpaired) electrons. The predicted molar refractivity (Wildman–Crippen MR) is 111 cm³/mol. The molecule has 0 amide bonds. The van der Waals surface area contributed by atoms with Crippen LogP contribution in [-0.4, -0.2) is 71.2 Å². The number of hydrogen-bond donors (Lipinski definition) is 0. The third-order valence-electron chi connectivity index (χ3n) is 5.80. The number of nitro benzene ring substituents is 1. The second-order valence-electron chi connectivity index (χ2n) is 8.10. The fourth-order valence-corrected chi connectivity index (χ4v) is 4.84. The van der Waals surface area contributed by atoms with Crippen LogP contribution in [0.3, 0.4) is 0 Å². The second-order valence-corrected chi connectivity index (χ2v) is 8.10. The van der Waals surface area contributed by atoms with Gasteiger partial charge in [0.1, 0.15) is 0 Å². The second kappa shape index (κ2) is 7.14. The van der Waals surface area contributed by atoms with Gasteiger partial charge < -0.3 is 0 Å². The van der Waals surface area contributed by atoms with E-state index in [9.17, 15) is 10.1 Å². The molecule has 4 heterocycles. The molecular weight excluding hydrogens is 368 g/mol. The molecule has 8 heteroatoms. The van der Waals surface area contributed by atoms with Gasteiger partial charge in [-0.05, 0) is 23.3 Å². The highest BCUT2D eigenvalue weighted by Gasteiger charge is 2.51. The minimum Gasteiger partial charge on any atom is -0.276 e. The van der Waals surface area contributed by atoms with Crippen LogP contribution in [-0.2, 0) is 0 Å². The Labute approximate surface area is 168 Å². The van der Waals surface area contributed by atoms with E-state index in [1.54, 1.807) is 18.3 Å². The highest BCUT2D eigenvalue weighted by Crippen LogP contribution is 2.38. The Hall–Kier alpha value is -2.94. The lowest BCUT2D eigenvalue weighted by atomic mass is 9.74. The SMILES string of the molecule is O=[N+]([O-])c1ccc(C=NN=C(c2ccccc2)C23CN4CN(CN(C4)C2)C3)cc1. The van der Waals surface area contributed by atoms with Gasteiger partial charge in [0.15, 0.2) is 0 Å². The van der Waals surface area contributed by atoms with E-state index in [0.29, 0.717) is 0 Å². The Morgan fingerprint density at radius 1 is 0.931 bits per heavy atom. The van der Waals surface area contributed by atoms with Gasteiger partial charge in [0.25, 0.3) is 5.69 Å². The van der Waals surface area contributed by atoms with Crippen molar-refractivity contribution < 1.29 is 4.92 Å². The maximum atomic E-state index is 10.8. The summed E-state index contributed by atoms with van der Waals surface area (Å²) in [4.78, 5) is 17.8. The minimum absolute atomic E-state index is 0.0665. The first-order valence-corrected chi connectivity index (χ1v) is 9.70. The summed E-state index contributed by atoms with van der Waals surface area (Å²) in [6.07, 6.45) is 1.66. The van der Waals surface area contributed by atoms with Crippen molar-refractivity contribution in [2.75, 3.05) is 39.6 Å². The molecule has 0 aromatic heterocycles. The van der Waals surface area contributed by atoms with Crippen molar-refractivity contribution >= 4 is 17.6 Å². The number of benzene rings is 2. The zero-order valence-corrected chi connectivity index (χ0v) is 16.0. The van der Waals surface area contributed by atoms with Crippen molar-refractivity contribution in [2.24, 2.45) is 15.6 Å². The molecule has 4 bridgehead atoms. The van der Waals surface area contributed by atoms with Crippen LogP contribution in [0.4, 0.5) is 5.69 Å². The van der Waals surface area contributed by atoms with Crippen molar-refractivity contribution in [3.63, 3.8) is 0 Å². The highest BCUT2D eigenvalue weighted by molar-refractivity contribution is 6.05. The molecule has 0 spiro atoms. The summed E-state index contributed by atoms with van der Waals surface area (Å²) in [7, 11) is 0. The number of hydrogen-bond acceptors (Lipinski definition) is 7. The van der Waals surface area contributed by atoms with E-state index in [2.05, 4.69) is 31.9 Å². The molecule has 0 aliphatic carbocycles. The maximum absolute atomic E-state index is 10.8. The zero-order chi connectivity index (χ0) is 19.8. The monoisotopic (exact) mass is 390 g/mol. The summed E-state index contributed by atoms with van der Waals surface area (Å²) in [5, 5.41) is 19.9. The van der Waals surface area contributed by atoms with E-state index < -0.39 is 4.92 Å². The van der Waals surface area contributed by atoms with Crippen LogP contribution in [0, 0.1) is 15.5 Å². The van der Waals surface area contributed by atoms with Gasteiger partial charge in [-0.2, -0.15) is 10.2 Å². The van der Waals surface area contributed by atoms with E-state index in [1.165, 1.54) is 12.1 Å². The number of non-ortho nitro benzene ring substituents is 1. The normalized spacial score (nSPS) is 30.8. The molecule has 0 atom stereocenters. The standard InChI is InChI=1S/C21H22N6O2/c28-27(29)19-8-6-17(7-9-19)10-22-23-20(18-4-2-1-3-5-18)21-11-24-14-25(12-21)16-26(13-21)15-24/h1-10H,11-16H2. The van der Waals surface area contributed by atoms with Crippen LogP contribution in [0.25, 0.3) is 0 Å². The maximum Gasteiger partial charge on any atom is 0.269 e. The Morgan fingerprint density at radius 2 is 1.52 bits per heavy atom. The quantitative estimate of drug-likeness (QED) is 0.444. The van der Waals surface area contributed by atoms with Gasteiger partial charge in [-0.25, -0.2) is 0 Å². The molecule has 4 saturated heterocycles. The molecule has 4 fully saturated rings. The number of nitrogens with zero attached hydrogens (tertiary/aromatic N) is 6. The zero-order valence-electron chi connectivity index (χ0n) is 16.0. The van der Waals surface area contributed by atoms with Gasteiger partial charge in [0, 0.05) is 31.8 Å². The number of nitro groups is 1. The van der Waals surface area contributed by atoms with E-state index in [4.69, 9.17) is 5.10 Å². The van der Waals surface area contributed by atoms with Crippen molar-refractivity contribution in [1.29, 1.82) is 0 Å². The van der Waals surface area contributed by atoms with Crippen molar-refractivity contribution in [3.05, 3.63) is 75.8 Å². The van der Waals surface area contributed by atoms with Gasteiger partial charge >= 0.3 is 0 Å². The molecule has 29 heavy (non-hydrogen) atoms. The fourth-order valence-electron chi connectivity index (χ4n) is 4.84. The van der Waals surface area contributed by atoms with Crippen LogP contribution in [0.2, 0.25) is 0 Å². The first-order chi connectivity index (χ1) is 14.1. The molecule has 0 saturated carbocycles. The highest BCUT2D eigenvalue weighted by atomic mass is 16.6. The average Bonchev–Trinajstić information content (AvgIpc) is 2.71. The van der Waals surface area contributed by atoms with Gasteiger partial charge in [-0.15, -0.1) is 0 Å². The molecule has 8 nitrogen and oxygen atoms in total. The number of rotatable bonds is 5. The first-order valence-electron chi connectivity index (χ1n) is 9.70. The van der Waals surface area contributed by atoms with Gasteiger partial charge in [0.05, 0.1) is 42.3 Å². The molecule has 4 aliphatic rings. The topological polar surface area (TPSA) is 77.6 Å². The van der Waals surface area contributed by atoms with Crippen LogP contribution >= 0.6 is 0 Å². The van der Waals surface area contributed by atoms with Gasteiger partial charge in [0.2, 0.25) is 0 Å². The molecule has 4 aliphatic heterocycles. The van der Waals surface area contributed by atoms with Gasteiger partial charge in [-0.3, -0.25) is 24.8 Å². The third-order valence-corrected chi connectivity index (χ3v) is 5.80. The lowest BCUT2D eigenvalue weighted by molar-refractivity contribution is -0.384. The summed E-state index contributed by atoms with van der Waals surface area (Å²) in [5.41, 5.74) is 2.90. The first kappa shape index (κ1) is 18.1. The largest absolute Gasteiger partial charge is 0.276 e. The molecule has 148 valence electrons. The molecule has 0 unspecified atom stereocenters. The molecular formula is C21H22N6O2. The molecule has 2 aromatic rings.